The predicted molar refractivity (Wildman–Crippen MR) is 286 cm³/mol. The summed E-state index contributed by atoms with van der Waals surface area (Å²) in [5.74, 6) is -0.188. The highest BCUT2D eigenvalue weighted by atomic mass is 31.2. The van der Waals surface area contributed by atoms with Crippen LogP contribution in [0.25, 0.3) is 0 Å². The zero-order chi connectivity index (χ0) is 48.5. The van der Waals surface area contributed by atoms with Crippen molar-refractivity contribution < 1.29 is 32.9 Å². The van der Waals surface area contributed by atoms with Crippen molar-refractivity contribution >= 4 is 13.7 Å². The van der Waals surface area contributed by atoms with Gasteiger partial charge in [-0.25, -0.2) is 4.57 Å². The second-order valence-corrected chi connectivity index (χ2v) is 21.8. The van der Waals surface area contributed by atoms with Crippen LogP contribution in [0.2, 0.25) is 0 Å². The summed E-state index contributed by atoms with van der Waals surface area (Å²) in [6, 6.07) is -0.865. The Morgan fingerprint density at radius 2 is 0.879 bits per heavy atom. The van der Waals surface area contributed by atoms with Gasteiger partial charge in [0.25, 0.3) is 0 Å². The van der Waals surface area contributed by atoms with Gasteiger partial charge in [-0.15, -0.1) is 0 Å². The van der Waals surface area contributed by atoms with E-state index in [1.165, 1.54) is 193 Å². The first-order valence-electron chi connectivity index (χ1n) is 28.0. The summed E-state index contributed by atoms with van der Waals surface area (Å²) >= 11 is 0. The summed E-state index contributed by atoms with van der Waals surface area (Å²) in [6.45, 7) is 4.81. The van der Waals surface area contributed by atoms with Gasteiger partial charge in [0, 0.05) is 6.42 Å². The van der Waals surface area contributed by atoms with Crippen LogP contribution in [0.1, 0.15) is 258 Å². The molecule has 0 fully saturated rings. The Morgan fingerprint density at radius 3 is 1.30 bits per heavy atom. The number of unbranched alkanes of at least 4 members (excludes halogenated alkanes) is 32. The van der Waals surface area contributed by atoms with Crippen molar-refractivity contribution in [2.24, 2.45) is 0 Å². The molecular formula is C57H110N2O6P+. The minimum absolute atomic E-state index is 0.0552. The third-order valence-electron chi connectivity index (χ3n) is 12.5. The minimum atomic E-state index is -4.35. The van der Waals surface area contributed by atoms with Gasteiger partial charge >= 0.3 is 7.82 Å². The molecule has 0 aromatic carbocycles. The molecule has 1 amide bonds. The van der Waals surface area contributed by atoms with Gasteiger partial charge in [0.2, 0.25) is 5.91 Å². The Hall–Kier alpha value is -1.54. The fraction of sp³-hybridized carbons (Fsp3) is 0.842. The van der Waals surface area contributed by atoms with Crippen LogP contribution >= 0.6 is 7.82 Å². The molecule has 3 atom stereocenters. The van der Waals surface area contributed by atoms with Gasteiger partial charge in [-0.05, 0) is 64.2 Å². The number of hydrogen-bond acceptors (Lipinski definition) is 5. The van der Waals surface area contributed by atoms with Crippen LogP contribution in [0.5, 0.6) is 0 Å². The Kier molecular flexibility index (Phi) is 47.4. The molecule has 0 aliphatic carbocycles. The summed E-state index contributed by atoms with van der Waals surface area (Å²) in [6.07, 6.45) is 63.5. The van der Waals surface area contributed by atoms with E-state index < -0.39 is 20.0 Å². The van der Waals surface area contributed by atoms with E-state index in [1.54, 1.807) is 6.08 Å². The number of nitrogens with zero attached hydrogens (tertiary/aromatic N) is 1. The van der Waals surface area contributed by atoms with Crippen molar-refractivity contribution in [3.8, 4) is 0 Å². The average molecular weight is 950 g/mol. The molecule has 8 nitrogen and oxygen atoms in total. The monoisotopic (exact) mass is 950 g/mol. The molecule has 0 heterocycles. The van der Waals surface area contributed by atoms with Crippen LogP contribution in [-0.2, 0) is 18.4 Å². The largest absolute Gasteiger partial charge is 0.472 e. The van der Waals surface area contributed by atoms with Gasteiger partial charge < -0.3 is 19.8 Å². The van der Waals surface area contributed by atoms with Crippen LogP contribution in [-0.4, -0.2) is 73.4 Å². The third kappa shape index (κ3) is 50.3. The van der Waals surface area contributed by atoms with Crippen LogP contribution in [0.4, 0.5) is 0 Å². The lowest BCUT2D eigenvalue weighted by Gasteiger charge is -2.25. The normalized spacial score (nSPS) is 14.3. The Bertz CT molecular complexity index is 1210. The first-order valence-corrected chi connectivity index (χ1v) is 29.5. The van der Waals surface area contributed by atoms with Crippen LogP contribution in [0.15, 0.2) is 48.6 Å². The maximum absolute atomic E-state index is 13.0. The summed E-state index contributed by atoms with van der Waals surface area (Å²) in [4.78, 5) is 23.3. The standard InChI is InChI=1S/C57H109N2O6P/c1-6-8-10-12-14-16-18-20-22-24-25-26-27-28-29-30-31-32-33-35-37-39-41-43-45-47-49-51-57(61)58-55(54-65-66(62,63)64-53-52-59(3,4)5)56(60)50-48-46-44-42-40-38-36-34-23-21-19-17-15-13-11-9-7-2/h25-26,28-29,40,42,48,50,55-56,60H,6-24,27,30-39,41,43-47,49,51-54H2,1-5H3,(H-,58,61,62,63)/p+1/b26-25-,29-28-,42-40+,50-48+. The van der Waals surface area contributed by atoms with Crippen molar-refractivity contribution in [2.45, 2.75) is 270 Å². The number of amides is 1. The molecule has 0 radical (unpaired) electrons. The Balaban J connectivity index is 4.23. The van der Waals surface area contributed by atoms with Gasteiger partial charge in [0.1, 0.15) is 13.2 Å². The van der Waals surface area contributed by atoms with Crippen molar-refractivity contribution in [1.82, 2.24) is 5.32 Å². The number of quaternary nitrogens is 1. The highest BCUT2D eigenvalue weighted by Gasteiger charge is 2.27. The average Bonchev–Trinajstić information content (AvgIpc) is 3.28. The molecule has 0 saturated heterocycles. The maximum Gasteiger partial charge on any atom is 0.472 e. The lowest BCUT2D eigenvalue weighted by atomic mass is 10.0. The second kappa shape index (κ2) is 48.5. The summed E-state index contributed by atoms with van der Waals surface area (Å²) in [5.41, 5.74) is 0. The van der Waals surface area contributed by atoms with Crippen molar-refractivity contribution in [1.29, 1.82) is 0 Å². The number of carbonyl (C=O) groups excluding carboxylic acids is 1. The van der Waals surface area contributed by atoms with Crippen molar-refractivity contribution in [3.63, 3.8) is 0 Å². The molecule has 0 aliphatic heterocycles. The number of phosphoric acid groups is 1. The number of aliphatic hydroxyl groups is 1. The molecule has 0 aliphatic rings. The van der Waals surface area contributed by atoms with Gasteiger partial charge in [0.05, 0.1) is 39.9 Å². The molecule has 0 aromatic rings. The lowest BCUT2D eigenvalue weighted by molar-refractivity contribution is -0.870. The molecule has 0 bridgehead atoms. The van der Waals surface area contributed by atoms with E-state index in [0.29, 0.717) is 17.4 Å². The van der Waals surface area contributed by atoms with E-state index in [2.05, 4.69) is 55.6 Å². The number of likely N-dealkylation sites (N-methyl/N-ethyl adjacent to an activating group) is 1. The predicted octanol–water partition coefficient (Wildman–Crippen LogP) is 16.8. The zero-order valence-corrected chi connectivity index (χ0v) is 45.1. The lowest BCUT2D eigenvalue weighted by Crippen LogP contribution is -2.45. The van der Waals surface area contributed by atoms with Gasteiger partial charge in [-0.1, -0.05) is 236 Å². The van der Waals surface area contributed by atoms with Crippen LogP contribution in [0.3, 0.4) is 0 Å². The van der Waals surface area contributed by atoms with Crippen molar-refractivity contribution in [2.75, 3.05) is 40.9 Å². The molecule has 0 aromatic heterocycles. The van der Waals surface area contributed by atoms with E-state index >= 15 is 0 Å². The molecule has 3 unspecified atom stereocenters. The molecule has 3 N–H and O–H groups in total. The number of carbonyl (C=O) groups is 1. The van der Waals surface area contributed by atoms with Crippen LogP contribution < -0.4 is 5.32 Å². The number of rotatable bonds is 51. The number of aliphatic hydroxyl groups excluding tert-OH is 1. The fourth-order valence-corrected chi connectivity index (χ4v) is 8.82. The van der Waals surface area contributed by atoms with Gasteiger partial charge in [-0.2, -0.15) is 0 Å². The van der Waals surface area contributed by atoms with Crippen LogP contribution in [0, 0.1) is 0 Å². The second-order valence-electron chi connectivity index (χ2n) is 20.3. The van der Waals surface area contributed by atoms with E-state index in [4.69, 9.17) is 9.05 Å². The molecule has 0 saturated carbocycles. The molecule has 388 valence electrons. The number of phosphoric ester groups is 1. The van der Waals surface area contributed by atoms with Crippen molar-refractivity contribution in [3.05, 3.63) is 48.6 Å². The highest BCUT2D eigenvalue weighted by Crippen LogP contribution is 2.43. The first kappa shape index (κ1) is 64.5. The third-order valence-corrected chi connectivity index (χ3v) is 13.5. The topological polar surface area (TPSA) is 105 Å². The van der Waals surface area contributed by atoms with E-state index in [-0.39, 0.29) is 19.1 Å². The summed E-state index contributed by atoms with van der Waals surface area (Å²) < 4.78 is 23.7. The smallest absolute Gasteiger partial charge is 0.387 e. The number of nitrogens with one attached hydrogen (secondary N) is 1. The molecular weight excluding hydrogens is 840 g/mol. The van der Waals surface area contributed by atoms with E-state index in [0.717, 1.165) is 44.9 Å². The Morgan fingerprint density at radius 1 is 0.515 bits per heavy atom. The van der Waals surface area contributed by atoms with Gasteiger partial charge in [0.15, 0.2) is 0 Å². The Labute approximate surface area is 409 Å². The number of allylic oxidation sites excluding steroid dienone is 7. The van der Waals surface area contributed by atoms with E-state index in [9.17, 15) is 19.4 Å². The maximum atomic E-state index is 13.0. The quantitative estimate of drug-likeness (QED) is 0.0243. The van der Waals surface area contributed by atoms with Gasteiger partial charge in [-0.3, -0.25) is 13.8 Å². The molecule has 9 heteroatoms. The minimum Gasteiger partial charge on any atom is -0.387 e. The first-order chi connectivity index (χ1) is 32.0. The summed E-state index contributed by atoms with van der Waals surface area (Å²) in [5, 5.41) is 13.9. The molecule has 66 heavy (non-hydrogen) atoms. The summed E-state index contributed by atoms with van der Waals surface area (Å²) in [7, 11) is 1.56. The number of hydrogen-bond donors (Lipinski definition) is 3. The SMILES string of the molecule is CCCCCCCCCCC/C=C\C/C=C\CCCCCCCCCCCCCC(=O)NC(COP(=O)(O)OCC[N+](C)(C)C)C(O)/C=C/CC/C=C/CCCCCCCCCCCCC. The van der Waals surface area contributed by atoms with E-state index in [1.807, 2.05) is 27.2 Å². The highest BCUT2D eigenvalue weighted by molar-refractivity contribution is 7.47. The molecule has 0 spiro atoms. The molecule has 0 rings (SSSR count). The fourth-order valence-electron chi connectivity index (χ4n) is 8.09. The zero-order valence-electron chi connectivity index (χ0n) is 44.2.